The summed E-state index contributed by atoms with van der Waals surface area (Å²) in [6, 6.07) is 11.3. The first-order valence-corrected chi connectivity index (χ1v) is 5.33. The quantitative estimate of drug-likeness (QED) is 0.878. The Balaban J connectivity index is 2.19. The zero-order valence-corrected chi connectivity index (χ0v) is 9.48. The van der Waals surface area contributed by atoms with Gasteiger partial charge in [0.15, 0.2) is 0 Å². The summed E-state index contributed by atoms with van der Waals surface area (Å²) in [6.45, 7) is 1.92. The van der Waals surface area contributed by atoms with E-state index >= 15 is 0 Å². The molecule has 2 rings (SSSR count). The first-order valence-electron chi connectivity index (χ1n) is 5.33. The molecule has 1 N–H and O–H groups in total. The van der Waals surface area contributed by atoms with E-state index in [1.54, 1.807) is 18.2 Å². The van der Waals surface area contributed by atoms with Gasteiger partial charge in [0.05, 0.1) is 6.61 Å². The van der Waals surface area contributed by atoms with Crippen LogP contribution in [-0.2, 0) is 6.61 Å². The number of hydrogen-bond donors (Lipinski definition) is 1. The van der Waals surface area contributed by atoms with Crippen LogP contribution in [0.5, 0.6) is 11.5 Å². The van der Waals surface area contributed by atoms with Crippen LogP contribution in [0.4, 0.5) is 4.39 Å². The van der Waals surface area contributed by atoms with Gasteiger partial charge in [-0.3, -0.25) is 0 Å². The van der Waals surface area contributed by atoms with Gasteiger partial charge in [0, 0.05) is 0 Å². The van der Waals surface area contributed by atoms with E-state index in [4.69, 9.17) is 9.84 Å². The van der Waals surface area contributed by atoms with E-state index in [-0.39, 0.29) is 12.4 Å². The van der Waals surface area contributed by atoms with E-state index in [2.05, 4.69) is 0 Å². The first-order chi connectivity index (χ1) is 8.19. The van der Waals surface area contributed by atoms with Gasteiger partial charge in [0.2, 0.25) is 0 Å². The van der Waals surface area contributed by atoms with Crippen molar-refractivity contribution in [1.29, 1.82) is 0 Å². The summed E-state index contributed by atoms with van der Waals surface area (Å²) in [5.41, 5.74) is 1.84. The average Bonchev–Trinajstić information content (AvgIpc) is 2.32. The first kappa shape index (κ1) is 11.6. The summed E-state index contributed by atoms with van der Waals surface area (Å²) >= 11 is 0. The van der Waals surface area contributed by atoms with E-state index in [0.29, 0.717) is 11.5 Å². The third-order valence-corrected chi connectivity index (χ3v) is 2.53. The Bertz CT molecular complexity index is 506. The Morgan fingerprint density at radius 2 is 1.71 bits per heavy atom. The fourth-order valence-corrected chi connectivity index (χ4v) is 1.55. The summed E-state index contributed by atoms with van der Waals surface area (Å²) in [5, 5.41) is 9.05. The van der Waals surface area contributed by atoms with Crippen molar-refractivity contribution in [2.24, 2.45) is 0 Å². The highest BCUT2D eigenvalue weighted by Gasteiger charge is 2.01. The average molecular weight is 232 g/mol. The van der Waals surface area contributed by atoms with Gasteiger partial charge >= 0.3 is 0 Å². The summed E-state index contributed by atoms with van der Waals surface area (Å²) in [7, 11) is 0. The minimum Gasteiger partial charge on any atom is -0.457 e. The second-order valence-electron chi connectivity index (χ2n) is 3.80. The van der Waals surface area contributed by atoms with Gasteiger partial charge in [-0.1, -0.05) is 6.07 Å². The fraction of sp³-hybridized carbons (Fsp3) is 0.143. The van der Waals surface area contributed by atoms with Crippen LogP contribution in [0.25, 0.3) is 0 Å². The van der Waals surface area contributed by atoms with Gasteiger partial charge in [-0.05, 0) is 54.4 Å². The second kappa shape index (κ2) is 4.97. The maximum absolute atomic E-state index is 12.7. The zero-order valence-electron chi connectivity index (χ0n) is 9.48. The molecule has 0 unspecified atom stereocenters. The molecule has 0 aliphatic carbocycles. The number of benzene rings is 2. The largest absolute Gasteiger partial charge is 0.457 e. The van der Waals surface area contributed by atoms with E-state index < -0.39 is 0 Å². The molecule has 0 bridgehead atoms. The molecule has 0 spiro atoms. The Morgan fingerprint density at radius 3 is 2.29 bits per heavy atom. The minimum absolute atomic E-state index is 0.0165. The van der Waals surface area contributed by atoms with Gasteiger partial charge in [-0.25, -0.2) is 4.39 Å². The molecule has 2 aromatic rings. The highest BCUT2D eigenvalue weighted by atomic mass is 19.1. The smallest absolute Gasteiger partial charge is 0.127 e. The Labute approximate surface area is 99.3 Å². The Morgan fingerprint density at radius 1 is 1.06 bits per heavy atom. The van der Waals surface area contributed by atoms with Crippen LogP contribution >= 0.6 is 0 Å². The van der Waals surface area contributed by atoms with Crippen LogP contribution in [0.2, 0.25) is 0 Å². The van der Waals surface area contributed by atoms with Gasteiger partial charge in [-0.2, -0.15) is 0 Å². The lowest BCUT2D eigenvalue weighted by Gasteiger charge is -2.08. The van der Waals surface area contributed by atoms with Crippen LogP contribution in [0, 0.1) is 12.7 Å². The lowest BCUT2D eigenvalue weighted by atomic mass is 10.1. The number of halogens is 1. The number of hydrogen-bond acceptors (Lipinski definition) is 2. The molecule has 3 heteroatoms. The van der Waals surface area contributed by atoms with Gasteiger partial charge < -0.3 is 9.84 Å². The molecule has 0 radical (unpaired) electrons. The summed E-state index contributed by atoms with van der Waals surface area (Å²) in [6.07, 6.45) is 0. The van der Waals surface area contributed by atoms with E-state index in [1.165, 1.54) is 12.1 Å². The highest BCUT2D eigenvalue weighted by Crippen LogP contribution is 2.23. The topological polar surface area (TPSA) is 29.5 Å². The third-order valence-electron chi connectivity index (χ3n) is 2.53. The van der Waals surface area contributed by atoms with Crippen molar-refractivity contribution in [2.75, 3.05) is 0 Å². The van der Waals surface area contributed by atoms with Crippen molar-refractivity contribution in [3.05, 3.63) is 59.4 Å². The SMILES string of the molecule is Cc1cc(Oc2ccc(F)cc2)ccc1CO. The maximum Gasteiger partial charge on any atom is 0.127 e. The van der Waals surface area contributed by atoms with Gasteiger partial charge in [-0.15, -0.1) is 0 Å². The molecular formula is C14H13FO2. The van der Waals surface area contributed by atoms with Crippen molar-refractivity contribution in [1.82, 2.24) is 0 Å². The number of aryl methyl sites for hydroxylation is 1. The van der Waals surface area contributed by atoms with E-state index in [9.17, 15) is 4.39 Å². The number of ether oxygens (including phenoxy) is 1. The van der Waals surface area contributed by atoms with Crippen LogP contribution in [0.15, 0.2) is 42.5 Å². The van der Waals surface area contributed by atoms with Crippen molar-refractivity contribution < 1.29 is 14.2 Å². The van der Waals surface area contributed by atoms with Crippen molar-refractivity contribution in [3.8, 4) is 11.5 Å². The molecule has 2 aromatic carbocycles. The third kappa shape index (κ3) is 2.82. The van der Waals surface area contributed by atoms with Crippen molar-refractivity contribution in [2.45, 2.75) is 13.5 Å². The molecule has 0 saturated heterocycles. The molecule has 2 nitrogen and oxygen atoms in total. The molecule has 88 valence electrons. The number of aliphatic hydroxyl groups excluding tert-OH is 1. The van der Waals surface area contributed by atoms with Crippen molar-refractivity contribution in [3.63, 3.8) is 0 Å². The molecular weight excluding hydrogens is 219 g/mol. The molecule has 0 aliphatic heterocycles. The Hall–Kier alpha value is -1.87. The predicted molar refractivity (Wildman–Crippen MR) is 63.6 cm³/mol. The second-order valence-corrected chi connectivity index (χ2v) is 3.80. The molecule has 0 heterocycles. The lowest BCUT2D eigenvalue weighted by molar-refractivity contribution is 0.281. The monoisotopic (exact) mass is 232 g/mol. The number of rotatable bonds is 3. The molecule has 0 atom stereocenters. The summed E-state index contributed by atoms with van der Waals surface area (Å²) < 4.78 is 18.3. The zero-order chi connectivity index (χ0) is 12.3. The molecule has 0 amide bonds. The van der Waals surface area contributed by atoms with Crippen LogP contribution < -0.4 is 4.74 Å². The number of aliphatic hydroxyl groups is 1. The molecule has 17 heavy (non-hydrogen) atoms. The Kier molecular flexibility index (Phi) is 3.40. The molecule has 0 fully saturated rings. The highest BCUT2D eigenvalue weighted by molar-refractivity contribution is 5.37. The minimum atomic E-state index is -0.288. The maximum atomic E-state index is 12.7. The summed E-state index contributed by atoms with van der Waals surface area (Å²) in [4.78, 5) is 0. The summed E-state index contributed by atoms with van der Waals surface area (Å²) in [5.74, 6) is 0.970. The van der Waals surface area contributed by atoms with Crippen molar-refractivity contribution >= 4 is 0 Å². The fourth-order valence-electron chi connectivity index (χ4n) is 1.55. The standard InChI is InChI=1S/C14H13FO2/c1-10-8-14(5-2-11(10)9-16)17-13-6-3-12(15)4-7-13/h2-8,16H,9H2,1H3. The van der Waals surface area contributed by atoms with E-state index in [0.717, 1.165) is 11.1 Å². The van der Waals surface area contributed by atoms with Crippen LogP contribution in [0.1, 0.15) is 11.1 Å². The van der Waals surface area contributed by atoms with Gasteiger partial charge in [0.1, 0.15) is 17.3 Å². The normalized spacial score (nSPS) is 10.3. The van der Waals surface area contributed by atoms with Crippen LogP contribution in [-0.4, -0.2) is 5.11 Å². The molecule has 0 aromatic heterocycles. The van der Waals surface area contributed by atoms with Crippen LogP contribution in [0.3, 0.4) is 0 Å². The van der Waals surface area contributed by atoms with E-state index in [1.807, 2.05) is 19.1 Å². The predicted octanol–water partition coefficient (Wildman–Crippen LogP) is 3.42. The lowest BCUT2D eigenvalue weighted by Crippen LogP contribution is -1.90. The molecule has 0 saturated carbocycles. The molecule has 0 aliphatic rings. The van der Waals surface area contributed by atoms with Gasteiger partial charge in [0.25, 0.3) is 0 Å².